The number of hydrogen-bond donors (Lipinski definition) is 1. The molecule has 7 heteroatoms. The number of halogens is 1. The van der Waals surface area contributed by atoms with Crippen LogP contribution >= 0.6 is 11.6 Å². The maximum atomic E-state index is 13.3. The first-order chi connectivity index (χ1) is 14.5. The van der Waals surface area contributed by atoms with Gasteiger partial charge in [0.2, 0.25) is 0 Å². The predicted molar refractivity (Wildman–Crippen MR) is 118 cm³/mol. The van der Waals surface area contributed by atoms with E-state index in [4.69, 9.17) is 21.4 Å². The number of hydrogen-bond acceptors (Lipinski definition) is 4. The number of nitrogens with one attached hydrogen (secondary N) is 1. The highest BCUT2D eigenvalue weighted by Gasteiger charge is 2.31. The molecule has 4 rings (SSSR count). The lowest BCUT2D eigenvalue weighted by Crippen LogP contribution is -2.41. The largest absolute Gasteiger partial charge is 0.378 e. The van der Waals surface area contributed by atoms with Crippen molar-refractivity contribution >= 4 is 17.5 Å². The maximum absolute atomic E-state index is 13.3. The van der Waals surface area contributed by atoms with E-state index in [0.717, 1.165) is 42.9 Å². The van der Waals surface area contributed by atoms with Gasteiger partial charge in [0.15, 0.2) is 5.69 Å². The molecule has 2 aromatic rings. The van der Waals surface area contributed by atoms with Crippen molar-refractivity contribution in [2.24, 2.45) is 5.92 Å². The summed E-state index contributed by atoms with van der Waals surface area (Å²) in [6, 6.07) is 8.29. The Hall–Kier alpha value is -1.89. The van der Waals surface area contributed by atoms with Crippen molar-refractivity contribution in [3.05, 3.63) is 51.8 Å². The maximum Gasteiger partial charge on any atom is 0.274 e. The van der Waals surface area contributed by atoms with Gasteiger partial charge < -0.3 is 15.0 Å². The Morgan fingerprint density at radius 3 is 2.70 bits per heavy atom. The Morgan fingerprint density at radius 1 is 1.27 bits per heavy atom. The van der Waals surface area contributed by atoms with E-state index in [0.29, 0.717) is 44.0 Å². The number of carbonyl (C=O) groups excluding carboxylic acids is 1. The Kier molecular flexibility index (Phi) is 6.76. The molecule has 1 fully saturated rings. The second kappa shape index (κ2) is 9.50. The summed E-state index contributed by atoms with van der Waals surface area (Å²) in [7, 11) is 0. The van der Waals surface area contributed by atoms with Crippen LogP contribution < -0.4 is 5.32 Å². The highest BCUT2D eigenvalue weighted by Crippen LogP contribution is 2.27. The fourth-order valence-electron chi connectivity index (χ4n) is 4.31. The van der Waals surface area contributed by atoms with Crippen LogP contribution in [0.5, 0.6) is 0 Å². The minimum absolute atomic E-state index is 0.0513. The van der Waals surface area contributed by atoms with Crippen LogP contribution in [0.15, 0.2) is 24.3 Å². The van der Waals surface area contributed by atoms with E-state index in [2.05, 4.69) is 36.0 Å². The molecule has 0 saturated carbocycles. The molecule has 2 heterocycles. The molecule has 1 saturated heterocycles. The van der Waals surface area contributed by atoms with Gasteiger partial charge in [-0.2, -0.15) is 5.10 Å². The second-order valence-corrected chi connectivity index (χ2v) is 9.14. The first-order valence-electron chi connectivity index (χ1n) is 10.9. The molecule has 1 atom stereocenters. The van der Waals surface area contributed by atoms with Gasteiger partial charge in [0.05, 0.1) is 13.2 Å². The van der Waals surface area contributed by atoms with Crippen LogP contribution in [0.25, 0.3) is 0 Å². The molecular formula is C23H31ClN4O2. The Bertz CT molecular complexity index is 872. The van der Waals surface area contributed by atoms with Crippen LogP contribution in [0.2, 0.25) is 5.02 Å². The molecule has 0 bridgehead atoms. The fourth-order valence-corrected chi connectivity index (χ4v) is 4.44. The van der Waals surface area contributed by atoms with Gasteiger partial charge >= 0.3 is 0 Å². The van der Waals surface area contributed by atoms with Gasteiger partial charge in [-0.05, 0) is 42.9 Å². The lowest BCUT2D eigenvalue weighted by Gasteiger charge is -2.28. The first-order valence-corrected chi connectivity index (χ1v) is 11.3. The van der Waals surface area contributed by atoms with Gasteiger partial charge in [-0.3, -0.25) is 9.48 Å². The third-order valence-electron chi connectivity index (χ3n) is 5.89. The van der Waals surface area contributed by atoms with E-state index in [1.807, 2.05) is 17.0 Å². The molecule has 30 heavy (non-hydrogen) atoms. The van der Waals surface area contributed by atoms with Crippen molar-refractivity contribution in [2.45, 2.75) is 52.2 Å². The Balaban J connectivity index is 1.52. The smallest absolute Gasteiger partial charge is 0.274 e. The molecule has 1 N–H and O–H groups in total. The van der Waals surface area contributed by atoms with Crippen molar-refractivity contribution in [3.63, 3.8) is 0 Å². The number of ether oxygens (including phenoxy) is 1. The molecule has 1 aliphatic heterocycles. The molecule has 1 aromatic carbocycles. The van der Waals surface area contributed by atoms with Gasteiger partial charge in [0.1, 0.15) is 0 Å². The SMILES string of the molecule is CC(C)Cn1nc(C(=O)N2CCOCC2)c2c1CC[C@H](NCc1ccc(Cl)cc1)C2. The number of carbonyl (C=O) groups is 1. The average molecular weight is 431 g/mol. The molecule has 0 radical (unpaired) electrons. The Labute approximate surface area is 183 Å². The van der Waals surface area contributed by atoms with Crippen molar-refractivity contribution in [3.8, 4) is 0 Å². The highest BCUT2D eigenvalue weighted by atomic mass is 35.5. The summed E-state index contributed by atoms with van der Waals surface area (Å²) >= 11 is 5.99. The van der Waals surface area contributed by atoms with Crippen LogP contribution in [-0.4, -0.2) is 52.9 Å². The standard InChI is InChI=1S/C23H31ClN4O2/c1-16(2)15-28-21-8-7-19(25-14-17-3-5-18(24)6-4-17)13-20(21)22(26-28)23(29)27-9-11-30-12-10-27/h3-6,16,19,25H,7-15H2,1-2H3/t19-/m0/s1. The summed E-state index contributed by atoms with van der Waals surface area (Å²) in [5.74, 6) is 0.538. The summed E-state index contributed by atoms with van der Waals surface area (Å²) in [5, 5.41) is 9.24. The molecule has 0 spiro atoms. The number of fused-ring (bicyclic) bond motifs is 1. The summed E-state index contributed by atoms with van der Waals surface area (Å²) in [4.78, 5) is 15.1. The van der Waals surface area contributed by atoms with Gasteiger partial charge in [0, 0.05) is 48.5 Å². The van der Waals surface area contributed by atoms with Crippen molar-refractivity contribution in [2.75, 3.05) is 26.3 Å². The van der Waals surface area contributed by atoms with Gasteiger partial charge in [-0.15, -0.1) is 0 Å². The van der Waals surface area contributed by atoms with E-state index in [9.17, 15) is 4.79 Å². The van der Waals surface area contributed by atoms with E-state index >= 15 is 0 Å². The fraction of sp³-hybridized carbons (Fsp3) is 0.565. The van der Waals surface area contributed by atoms with Crippen LogP contribution in [0.4, 0.5) is 0 Å². The minimum Gasteiger partial charge on any atom is -0.378 e. The number of amides is 1. The van der Waals surface area contributed by atoms with Crippen molar-refractivity contribution < 1.29 is 9.53 Å². The molecule has 1 aliphatic carbocycles. The zero-order chi connectivity index (χ0) is 21.1. The van der Waals surface area contributed by atoms with E-state index in [1.165, 1.54) is 11.3 Å². The van der Waals surface area contributed by atoms with E-state index < -0.39 is 0 Å². The van der Waals surface area contributed by atoms with Crippen molar-refractivity contribution in [1.29, 1.82) is 0 Å². The number of aromatic nitrogens is 2. The topological polar surface area (TPSA) is 59.4 Å². The van der Waals surface area contributed by atoms with Crippen LogP contribution in [0.3, 0.4) is 0 Å². The van der Waals surface area contributed by atoms with Gasteiger partial charge in [-0.25, -0.2) is 0 Å². The van der Waals surface area contributed by atoms with E-state index in [1.54, 1.807) is 0 Å². The molecule has 1 aromatic heterocycles. The number of benzene rings is 1. The summed E-state index contributed by atoms with van der Waals surface area (Å²) < 4.78 is 7.50. The molecule has 2 aliphatic rings. The van der Waals surface area contributed by atoms with Crippen LogP contribution in [0, 0.1) is 5.92 Å². The second-order valence-electron chi connectivity index (χ2n) is 8.70. The minimum atomic E-state index is 0.0513. The summed E-state index contributed by atoms with van der Waals surface area (Å²) in [5.41, 5.74) is 4.23. The number of morpholine rings is 1. The quantitative estimate of drug-likeness (QED) is 0.763. The third-order valence-corrected chi connectivity index (χ3v) is 6.15. The number of rotatable bonds is 6. The predicted octanol–water partition coefficient (Wildman–Crippen LogP) is 3.31. The summed E-state index contributed by atoms with van der Waals surface area (Å²) in [6.45, 7) is 8.52. The lowest BCUT2D eigenvalue weighted by atomic mass is 9.90. The average Bonchev–Trinajstić information content (AvgIpc) is 3.10. The van der Waals surface area contributed by atoms with Crippen LogP contribution in [-0.2, 0) is 30.7 Å². The first kappa shape index (κ1) is 21.3. The Morgan fingerprint density at radius 2 is 2.00 bits per heavy atom. The third kappa shape index (κ3) is 4.88. The van der Waals surface area contributed by atoms with Gasteiger partial charge in [-0.1, -0.05) is 37.6 Å². The molecule has 6 nitrogen and oxygen atoms in total. The zero-order valence-electron chi connectivity index (χ0n) is 17.9. The summed E-state index contributed by atoms with van der Waals surface area (Å²) in [6.07, 6.45) is 2.84. The molecule has 1 amide bonds. The van der Waals surface area contributed by atoms with Crippen LogP contribution in [0.1, 0.15) is 47.6 Å². The monoisotopic (exact) mass is 430 g/mol. The van der Waals surface area contributed by atoms with Crippen molar-refractivity contribution in [1.82, 2.24) is 20.0 Å². The lowest BCUT2D eigenvalue weighted by molar-refractivity contribution is 0.0297. The van der Waals surface area contributed by atoms with E-state index in [-0.39, 0.29) is 5.91 Å². The highest BCUT2D eigenvalue weighted by molar-refractivity contribution is 6.30. The molecule has 162 valence electrons. The molecule has 0 unspecified atom stereocenters. The van der Waals surface area contributed by atoms with Gasteiger partial charge in [0.25, 0.3) is 5.91 Å². The normalized spacial score (nSPS) is 19.2. The molecular weight excluding hydrogens is 400 g/mol. The zero-order valence-corrected chi connectivity index (χ0v) is 18.6. The number of nitrogens with zero attached hydrogens (tertiary/aromatic N) is 3.